The van der Waals surface area contributed by atoms with Gasteiger partial charge in [0.15, 0.2) is 0 Å². The number of nitrogens with one attached hydrogen (secondary N) is 1. The molecule has 0 bridgehead atoms. The molecule has 1 aromatic rings. The number of anilines is 1. The molecule has 21 heavy (non-hydrogen) atoms. The highest BCUT2D eigenvalue weighted by Gasteiger charge is 2.28. The Morgan fingerprint density at radius 1 is 1.38 bits per heavy atom. The zero-order chi connectivity index (χ0) is 15.2. The Kier molecular flexibility index (Phi) is 5.20. The minimum atomic E-state index is -0.374. The maximum Gasteiger partial charge on any atom is 0.325 e. The summed E-state index contributed by atoms with van der Waals surface area (Å²) in [4.78, 5) is 25.7. The van der Waals surface area contributed by atoms with Crippen molar-refractivity contribution >= 4 is 17.6 Å². The highest BCUT2D eigenvalue weighted by atomic mass is 16.5. The molecule has 1 amide bonds. The van der Waals surface area contributed by atoms with Crippen LogP contribution in [0, 0.1) is 5.92 Å². The number of ether oxygens (including phenoxy) is 1. The van der Waals surface area contributed by atoms with Gasteiger partial charge in [-0.2, -0.15) is 0 Å². The predicted octanol–water partition coefficient (Wildman–Crippen LogP) is 1.68. The molecule has 1 atom stereocenters. The maximum absolute atomic E-state index is 12.6. The number of carbonyl (C=O) groups is 2. The van der Waals surface area contributed by atoms with Gasteiger partial charge >= 0.3 is 5.97 Å². The zero-order valence-electron chi connectivity index (χ0n) is 12.6. The molecule has 0 saturated carbocycles. The number of esters is 1. The van der Waals surface area contributed by atoms with Crippen LogP contribution in [-0.4, -0.2) is 43.5 Å². The van der Waals surface area contributed by atoms with Gasteiger partial charge < -0.3 is 15.0 Å². The molecule has 2 rings (SSSR count). The van der Waals surface area contributed by atoms with Gasteiger partial charge in [0.2, 0.25) is 5.91 Å². The van der Waals surface area contributed by atoms with Crippen molar-refractivity contribution in [2.45, 2.75) is 19.8 Å². The van der Waals surface area contributed by atoms with Crippen molar-refractivity contribution in [1.29, 1.82) is 0 Å². The van der Waals surface area contributed by atoms with Gasteiger partial charge in [0.25, 0.3) is 0 Å². The van der Waals surface area contributed by atoms with Crippen LogP contribution in [0.1, 0.15) is 18.9 Å². The van der Waals surface area contributed by atoms with Crippen molar-refractivity contribution in [3.05, 3.63) is 29.8 Å². The van der Waals surface area contributed by atoms with Gasteiger partial charge in [-0.1, -0.05) is 25.1 Å². The second-order valence-corrected chi connectivity index (χ2v) is 5.28. The number of nitrogens with zero attached hydrogens (tertiary/aromatic N) is 1. The number of methoxy groups -OCH3 is 1. The van der Waals surface area contributed by atoms with Gasteiger partial charge in [-0.05, 0) is 24.5 Å². The van der Waals surface area contributed by atoms with Crippen molar-refractivity contribution in [2.75, 3.05) is 32.1 Å². The SMILES string of the molecule is CCCN(CC(=O)OC)C(=O)C1CNc2ccccc2C1. The second kappa shape index (κ2) is 7.11. The van der Waals surface area contributed by atoms with Gasteiger partial charge in [0.1, 0.15) is 6.54 Å². The first-order valence-electron chi connectivity index (χ1n) is 7.33. The lowest BCUT2D eigenvalue weighted by Gasteiger charge is -2.30. The third kappa shape index (κ3) is 3.74. The van der Waals surface area contributed by atoms with E-state index >= 15 is 0 Å². The summed E-state index contributed by atoms with van der Waals surface area (Å²) < 4.78 is 4.67. The Balaban J connectivity index is 2.06. The van der Waals surface area contributed by atoms with Crippen LogP contribution in [0.25, 0.3) is 0 Å². The Morgan fingerprint density at radius 3 is 2.86 bits per heavy atom. The number of amides is 1. The van der Waals surface area contributed by atoms with Crippen LogP contribution in [0.4, 0.5) is 5.69 Å². The maximum atomic E-state index is 12.6. The van der Waals surface area contributed by atoms with Crippen LogP contribution >= 0.6 is 0 Å². The first kappa shape index (κ1) is 15.4. The summed E-state index contributed by atoms with van der Waals surface area (Å²) in [5.41, 5.74) is 2.24. The molecule has 0 aliphatic carbocycles. The summed E-state index contributed by atoms with van der Waals surface area (Å²) in [6.45, 7) is 3.20. The largest absolute Gasteiger partial charge is 0.468 e. The number of carbonyl (C=O) groups excluding carboxylic acids is 2. The first-order chi connectivity index (χ1) is 10.2. The molecule has 0 aromatic heterocycles. The molecule has 0 fully saturated rings. The molecule has 1 N–H and O–H groups in total. The smallest absolute Gasteiger partial charge is 0.325 e. The number of hydrogen-bond donors (Lipinski definition) is 1. The van der Waals surface area contributed by atoms with Crippen molar-refractivity contribution in [2.24, 2.45) is 5.92 Å². The summed E-state index contributed by atoms with van der Waals surface area (Å²) in [6.07, 6.45) is 1.53. The number of hydrogen-bond acceptors (Lipinski definition) is 4. The molecule has 5 nitrogen and oxygen atoms in total. The van der Waals surface area contributed by atoms with Crippen LogP contribution in [0.15, 0.2) is 24.3 Å². The lowest BCUT2D eigenvalue weighted by atomic mass is 9.93. The molecule has 0 spiro atoms. The molecule has 1 aliphatic heterocycles. The first-order valence-corrected chi connectivity index (χ1v) is 7.33. The summed E-state index contributed by atoms with van der Waals surface area (Å²) in [6, 6.07) is 8.01. The van der Waals surface area contributed by atoms with E-state index in [0.29, 0.717) is 19.5 Å². The zero-order valence-corrected chi connectivity index (χ0v) is 12.6. The van der Waals surface area contributed by atoms with Crippen LogP contribution in [0.5, 0.6) is 0 Å². The van der Waals surface area contributed by atoms with Crippen LogP contribution in [0.3, 0.4) is 0 Å². The molecule has 5 heteroatoms. The fourth-order valence-electron chi connectivity index (χ4n) is 2.63. The lowest BCUT2D eigenvalue weighted by Crippen LogP contribution is -2.44. The summed E-state index contributed by atoms with van der Waals surface area (Å²) in [5.74, 6) is -0.485. The highest BCUT2D eigenvalue weighted by molar-refractivity contribution is 5.85. The monoisotopic (exact) mass is 290 g/mol. The second-order valence-electron chi connectivity index (χ2n) is 5.28. The Morgan fingerprint density at radius 2 is 2.14 bits per heavy atom. The van der Waals surface area contributed by atoms with Gasteiger partial charge in [-0.15, -0.1) is 0 Å². The van der Waals surface area contributed by atoms with Crippen LogP contribution in [-0.2, 0) is 20.7 Å². The molecular weight excluding hydrogens is 268 g/mol. The van der Waals surface area contributed by atoms with Crippen LogP contribution in [0.2, 0.25) is 0 Å². The third-order valence-electron chi connectivity index (χ3n) is 3.72. The van der Waals surface area contributed by atoms with E-state index in [9.17, 15) is 9.59 Å². The lowest BCUT2D eigenvalue weighted by molar-refractivity contribution is -0.148. The molecular formula is C16H22N2O3. The topological polar surface area (TPSA) is 58.6 Å². The quantitative estimate of drug-likeness (QED) is 0.838. The predicted molar refractivity (Wildman–Crippen MR) is 81.0 cm³/mol. The average molecular weight is 290 g/mol. The normalized spacial score (nSPS) is 16.6. The number of para-hydroxylation sites is 1. The minimum Gasteiger partial charge on any atom is -0.468 e. The van der Waals surface area contributed by atoms with E-state index in [4.69, 9.17) is 0 Å². The summed E-state index contributed by atoms with van der Waals surface area (Å²) in [5, 5.41) is 3.29. The van der Waals surface area contributed by atoms with Crippen molar-refractivity contribution in [1.82, 2.24) is 4.90 Å². The molecule has 0 saturated heterocycles. The molecule has 1 aromatic carbocycles. The standard InChI is InChI=1S/C16H22N2O3/c1-3-8-18(11-15(19)21-2)16(20)13-9-12-6-4-5-7-14(12)17-10-13/h4-7,13,17H,3,8-11H2,1-2H3. The van der Waals surface area contributed by atoms with Gasteiger partial charge in [0.05, 0.1) is 13.0 Å². The fraction of sp³-hybridized carbons (Fsp3) is 0.500. The van der Waals surface area contributed by atoms with Gasteiger partial charge in [0, 0.05) is 18.8 Å². The molecule has 1 heterocycles. The van der Waals surface area contributed by atoms with Gasteiger partial charge in [-0.25, -0.2) is 0 Å². The number of fused-ring (bicyclic) bond motifs is 1. The van der Waals surface area contributed by atoms with E-state index in [1.807, 2.05) is 31.2 Å². The van der Waals surface area contributed by atoms with E-state index in [2.05, 4.69) is 10.1 Å². The number of rotatable bonds is 5. The Hall–Kier alpha value is -2.04. The molecule has 1 aliphatic rings. The van der Waals surface area contributed by atoms with E-state index in [-0.39, 0.29) is 24.3 Å². The summed E-state index contributed by atoms with van der Waals surface area (Å²) in [7, 11) is 1.34. The Labute approximate surface area is 125 Å². The average Bonchev–Trinajstić information content (AvgIpc) is 2.53. The third-order valence-corrected chi connectivity index (χ3v) is 3.72. The van der Waals surface area contributed by atoms with Crippen molar-refractivity contribution in [3.63, 3.8) is 0 Å². The van der Waals surface area contributed by atoms with E-state index in [0.717, 1.165) is 17.7 Å². The van der Waals surface area contributed by atoms with E-state index in [1.54, 1.807) is 4.90 Å². The minimum absolute atomic E-state index is 0.0178. The van der Waals surface area contributed by atoms with Crippen LogP contribution < -0.4 is 5.32 Å². The van der Waals surface area contributed by atoms with Crippen molar-refractivity contribution in [3.8, 4) is 0 Å². The fourth-order valence-corrected chi connectivity index (χ4v) is 2.63. The van der Waals surface area contributed by atoms with E-state index < -0.39 is 0 Å². The Bertz CT molecular complexity index is 516. The highest BCUT2D eigenvalue weighted by Crippen LogP contribution is 2.25. The molecule has 1 unspecified atom stereocenters. The van der Waals surface area contributed by atoms with Crippen molar-refractivity contribution < 1.29 is 14.3 Å². The van der Waals surface area contributed by atoms with E-state index in [1.165, 1.54) is 7.11 Å². The molecule has 114 valence electrons. The summed E-state index contributed by atoms with van der Waals surface area (Å²) >= 11 is 0. The number of benzene rings is 1. The van der Waals surface area contributed by atoms with Gasteiger partial charge in [-0.3, -0.25) is 9.59 Å². The molecule has 0 radical (unpaired) electrons.